The Morgan fingerprint density at radius 1 is 1.24 bits per heavy atom. The minimum Gasteiger partial charge on any atom is -0.497 e. The molecule has 0 aliphatic carbocycles. The molecule has 0 saturated carbocycles. The van der Waals surface area contributed by atoms with E-state index in [0.717, 1.165) is 0 Å². The lowest BCUT2D eigenvalue weighted by molar-refractivity contribution is -0.140. The number of carboxylic acid groups (broad SMARTS) is 2. The van der Waals surface area contributed by atoms with Gasteiger partial charge in [-0.05, 0) is 12.1 Å². The predicted molar refractivity (Wildman–Crippen MR) is 73.9 cm³/mol. The second kappa shape index (κ2) is 7.34. The van der Waals surface area contributed by atoms with Crippen LogP contribution in [-0.4, -0.2) is 53.3 Å². The molecule has 21 heavy (non-hydrogen) atoms. The van der Waals surface area contributed by atoms with Gasteiger partial charge in [0.2, 0.25) is 0 Å². The summed E-state index contributed by atoms with van der Waals surface area (Å²) in [6.07, 6.45) is 0. The van der Waals surface area contributed by atoms with Gasteiger partial charge in [-0.1, -0.05) is 11.6 Å². The van der Waals surface area contributed by atoms with Crippen molar-refractivity contribution in [2.45, 2.75) is 0 Å². The Labute approximate surface area is 124 Å². The van der Waals surface area contributed by atoms with Gasteiger partial charge in [0.1, 0.15) is 18.8 Å². The second-order valence-corrected chi connectivity index (χ2v) is 4.33. The van der Waals surface area contributed by atoms with E-state index in [1.807, 2.05) is 0 Å². The number of rotatable bonds is 6. The zero-order chi connectivity index (χ0) is 16.0. The lowest BCUT2D eigenvalue weighted by atomic mass is 10.3. The van der Waals surface area contributed by atoms with Gasteiger partial charge in [-0.25, -0.2) is 4.79 Å². The van der Waals surface area contributed by atoms with Crippen LogP contribution in [0.5, 0.6) is 5.75 Å². The third-order valence-corrected chi connectivity index (χ3v) is 2.68. The van der Waals surface area contributed by atoms with Crippen molar-refractivity contribution < 1.29 is 29.3 Å². The van der Waals surface area contributed by atoms with Gasteiger partial charge in [0.05, 0.1) is 17.8 Å². The molecule has 9 heteroatoms. The van der Waals surface area contributed by atoms with Gasteiger partial charge in [0.15, 0.2) is 0 Å². The third kappa shape index (κ3) is 5.19. The number of methoxy groups -OCH3 is 1. The number of amides is 2. The highest BCUT2D eigenvalue weighted by atomic mass is 35.5. The summed E-state index contributed by atoms with van der Waals surface area (Å²) in [4.78, 5) is 33.9. The van der Waals surface area contributed by atoms with Crippen LogP contribution in [0.2, 0.25) is 5.02 Å². The molecule has 1 aromatic carbocycles. The number of anilines is 1. The molecule has 1 aromatic rings. The van der Waals surface area contributed by atoms with Crippen molar-refractivity contribution in [2.75, 3.05) is 25.5 Å². The summed E-state index contributed by atoms with van der Waals surface area (Å²) in [5.41, 5.74) is 0.182. The van der Waals surface area contributed by atoms with E-state index in [1.54, 1.807) is 6.07 Å². The van der Waals surface area contributed by atoms with Crippen molar-refractivity contribution >= 4 is 35.3 Å². The van der Waals surface area contributed by atoms with E-state index in [4.69, 9.17) is 26.6 Å². The Morgan fingerprint density at radius 2 is 1.81 bits per heavy atom. The summed E-state index contributed by atoms with van der Waals surface area (Å²) < 4.78 is 4.97. The summed E-state index contributed by atoms with van der Waals surface area (Å²) in [5.74, 6) is -2.23. The first-order chi connectivity index (χ1) is 9.83. The summed E-state index contributed by atoms with van der Waals surface area (Å²) in [6.45, 7) is -1.50. The summed E-state index contributed by atoms with van der Waals surface area (Å²) in [7, 11) is 1.43. The minimum absolute atomic E-state index is 0.182. The molecule has 3 N–H and O–H groups in total. The van der Waals surface area contributed by atoms with Crippen molar-refractivity contribution in [2.24, 2.45) is 0 Å². The normalized spacial score (nSPS) is 9.81. The van der Waals surface area contributed by atoms with Gasteiger partial charge in [0, 0.05) is 6.07 Å². The van der Waals surface area contributed by atoms with Gasteiger partial charge in [0.25, 0.3) is 0 Å². The number of nitrogens with one attached hydrogen (secondary N) is 1. The third-order valence-electron chi connectivity index (χ3n) is 2.35. The van der Waals surface area contributed by atoms with Crippen LogP contribution in [0.4, 0.5) is 10.5 Å². The van der Waals surface area contributed by atoms with Crippen LogP contribution in [0.25, 0.3) is 0 Å². The fraction of sp³-hybridized carbons (Fsp3) is 0.250. The maximum Gasteiger partial charge on any atom is 0.323 e. The number of carbonyl (C=O) groups excluding carboxylic acids is 1. The summed E-state index contributed by atoms with van der Waals surface area (Å²) in [5, 5.41) is 19.9. The molecule has 8 nitrogen and oxygen atoms in total. The molecular formula is C12H13ClN2O6. The molecule has 0 unspecified atom stereocenters. The summed E-state index contributed by atoms with van der Waals surface area (Å²) >= 11 is 5.89. The average Bonchev–Trinajstić information content (AvgIpc) is 2.39. The monoisotopic (exact) mass is 316 g/mol. The lowest BCUT2D eigenvalue weighted by Gasteiger charge is -2.19. The number of benzene rings is 1. The van der Waals surface area contributed by atoms with E-state index in [0.29, 0.717) is 10.6 Å². The largest absolute Gasteiger partial charge is 0.497 e. The standard InChI is InChI=1S/C12H13ClN2O6/c1-21-7-2-3-8(13)9(4-7)14-12(20)15(5-10(16)17)6-11(18)19/h2-4H,5-6H2,1H3,(H,14,20)(H,16,17)(H,18,19). The SMILES string of the molecule is COc1ccc(Cl)c(NC(=O)N(CC(=O)O)CC(=O)O)c1. The zero-order valence-electron chi connectivity index (χ0n) is 11.0. The maximum absolute atomic E-state index is 11.9. The predicted octanol–water partition coefficient (Wildman–Crippen LogP) is 1.35. The number of halogens is 1. The number of hydrogen-bond donors (Lipinski definition) is 3. The zero-order valence-corrected chi connectivity index (χ0v) is 11.8. The van der Waals surface area contributed by atoms with Gasteiger partial charge in [-0.2, -0.15) is 0 Å². The van der Waals surface area contributed by atoms with E-state index < -0.39 is 31.1 Å². The number of aliphatic carboxylic acids is 2. The van der Waals surface area contributed by atoms with Crippen LogP contribution in [-0.2, 0) is 9.59 Å². The molecule has 0 aliphatic rings. The maximum atomic E-state index is 11.9. The van der Waals surface area contributed by atoms with E-state index in [-0.39, 0.29) is 10.7 Å². The van der Waals surface area contributed by atoms with Crippen molar-refractivity contribution in [3.05, 3.63) is 23.2 Å². The first-order valence-electron chi connectivity index (χ1n) is 5.66. The van der Waals surface area contributed by atoms with Crippen molar-refractivity contribution in [1.29, 1.82) is 0 Å². The van der Waals surface area contributed by atoms with E-state index >= 15 is 0 Å². The molecule has 0 spiro atoms. The number of ether oxygens (including phenoxy) is 1. The topological polar surface area (TPSA) is 116 Å². The molecule has 0 radical (unpaired) electrons. The van der Waals surface area contributed by atoms with Crippen LogP contribution in [0, 0.1) is 0 Å². The Bertz CT molecular complexity index is 547. The van der Waals surface area contributed by atoms with Crippen LogP contribution in [0.15, 0.2) is 18.2 Å². The number of carboxylic acids is 2. The highest BCUT2D eigenvalue weighted by Gasteiger charge is 2.20. The molecule has 0 bridgehead atoms. The number of carbonyl (C=O) groups is 3. The lowest BCUT2D eigenvalue weighted by Crippen LogP contribution is -2.42. The van der Waals surface area contributed by atoms with Gasteiger partial charge in [-0.3, -0.25) is 9.59 Å². The van der Waals surface area contributed by atoms with Crippen molar-refractivity contribution in [3.63, 3.8) is 0 Å². The molecule has 0 aromatic heterocycles. The van der Waals surface area contributed by atoms with Crippen molar-refractivity contribution in [3.8, 4) is 5.75 Å². The molecule has 0 fully saturated rings. The van der Waals surface area contributed by atoms with E-state index in [9.17, 15) is 14.4 Å². The Balaban J connectivity index is 2.89. The molecule has 1 rings (SSSR count). The molecule has 0 atom stereocenters. The summed E-state index contributed by atoms with van der Waals surface area (Å²) in [6, 6.07) is 3.59. The van der Waals surface area contributed by atoms with Crippen molar-refractivity contribution in [1.82, 2.24) is 4.90 Å². The highest BCUT2D eigenvalue weighted by molar-refractivity contribution is 6.33. The van der Waals surface area contributed by atoms with Gasteiger partial charge in [-0.15, -0.1) is 0 Å². The molecule has 0 saturated heterocycles. The van der Waals surface area contributed by atoms with Gasteiger partial charge < -0.3 is 25.2 Å². The van der Waals surface area contributed by atoms with E-state index in [1.165, 1.54) is 19.2 Å². The van der Waals surface area contributed by atoms with Crippen LogP contribution >= 0.6 is 11.6 Å². The van der Waals surface area contributed by atoms with Crippen LogP contribution in [0.1, 0.15) is 0 Å². The van der Waals surface area contributed by atoms with Crippen LogP contribution < -0.4 is 10.1 Å². The fourth-order valence-corrected chi connectivity index (χ4v) is 1.61. The smallest absolute Gasteiger partial charge is 0.323 e. The first-order valence-corrected chi connectivity index (χ1v) is 6.04. The number of nitrogens with zero attached hydrogens (tertiary/aromatic N) is 1. The number of urea groups is 1. The molecule has 114 valence electrons. The Hall–Kier alpha value is -2.48. The molecular weight excluding hydrogens is 304 g/mol. The van der Waals surface area contributed by atoms with Crippen LogP contribution in [0.3, 0.4) is 0 Å². The number of hydrogen-bond acceptors (Lipinski definition) is 4. The quantitative estimate of drug-likeness (QED) is 0.729. The molecule has 2 amide bonds. The average molecular weight is 317 g/mol. The van der Waals surface area contributed by atoms with E-state index in [2.05, 4.69) is 5.32 Å². The van der Waals surface area contributed by atoms with Gasteiger partial charge >= 0.3 is 18.0 Å². The second-order valence-electron chi connectivity index (χ2n) is 3.92. The highest BCUT2D eigenvalue weighted by Crippen LogP contribution is 2.26. The fourth-order valence-electron chi connectivity index (χ4n) is 1.45. The minimum atomic E-state index is -1.33. The Morgan fingerprint density at radius 3 is 2.29 bits per heavy atom. The Kier molecular flexibility index (Phi) is 5.79. The molecule has 0 heterocycles. The first kappa shape index (κ1) is 16.6. The molecule has 0 aliphatic heterocycles.